The predicted molar refractivity (Wildman–Crippen MR) is 130 cm³/mol. The third kappa shape index (κ3) is 5.69. The number of non-ortho nitro benzene ring substituents is 1. The lowest BCUT2D eigenvalue weighted by molar-refractivity contribution is -0.384. The fraction of sp³-hybridized carbons (Fsp3) is 0.417. The van der Waals surface area contributed by atoms with Crippen molar-refractivity contribution in [3.05, 3.63) is 57.6 Å². The van der Waals surface area contributed by atoms with E-state index in [4.69, 9.17) is 14.2 Å². The average molecular weight is 485 g/mol. The molecule has 2 aliphatic rings. The summed E-state index contributed by atoms with van der Waals surface area (Å²) >= 11 is 0. The van der Waals surface area contributed by atoms with E-state index in [1.165, 1.54) is 12.1 Å². The van der Waals surface area contributed by atoms with Crippen LogP contribution < -0.4 is 15.1 Å². The normalized spacial score (nSPS) is 16.0. The van der Waals surface area contributed by atoms with Crippen LogP contribution >= 0.6 is 0 Å². The van der Waals surface area contributed by atoms with E-state index in [1.807, 2.05) is 9.80 Å². The summed E-state index contributed by atoms with van der Waals surface area (Å²) in [6.07, 6.45) is 0. The molecule has 35 heavy (non-hydrogen) atoms. The van der Waals surface area contributed by atoms with Crippen LogP contribution in [0.25, 0.3) is 0 Å². The molecule has 0 spiro atoms. The van der Waals surface area contributed by atoms with Crippen molar-refractivity contribution in [2.75, 3.05) is 74.3 Å². The standard InChI is InChI=1S/C24H28N4O7/c1-2-35-24(30)20-15-17(3-5-22(20)27-9-13-34-14-10-27)25-23(29)19-16-18(28(31)32)4-6-21(19)26-7-11-33-12-8-26/h3-6,15-16H,2,7-14H2,1H3,(H,25,29). The highest BCUT2D eigenvalue weighted by atomic mass is 16.6. The SMILES string of the molecule is CCOC(=O)c1cc(NC(=O)c2cc([N+](=O)[O-])ccc2N2CCOCC2)ccc1N1CCOCC1. The molecule has 4 rings (SSSR count). The van der Waals surface area contributed by atoms with Crippen LogP contribution in [0.3, 0.4) is 0 Å². The topological polar surface area (TPSA) is 123 Å². The minimum absolute atomic E-state index is 0.177. The first kappa shape index (κ1) is 24.4. The Balaban J connectivity index is 1.64. The Morgan fingerprint density at radius 1 is 0.943 bits per heavy atom. The molecule has 2 aromatic rings. The largest absolute Gasteiger partial charge is 0.462 e. The summed E-state index contributed by atoms with van der Waals surface area (Å²) < 4.78 is 16.0. The van der Waals surface area contributed by atoms with Gasteiger partial charge in [0.05, 0.1) is 60.5 Å². The van der Waals surface area contributed by atoms with Gasteiger partial charge in [0.2, 0.25) is 0 Å². The number of nitrogens with one attached hydrogen (secondary N) is 1. The Hall–Kier alpha value is -3.70. The number of ether oxygens (including phenoxy) is 3. The lowest BCUT2D eigenvalue weighted by Crippen LogP contribution is -2.37. The highest BCUT2D eigenvalue weighted by Gasteiger charge is 2.24. The Kier molecular flexibility index (Phi) is 7.78. The molecule has 2 saturated heterocycles. The minimum atomic E-state index is -0.532. The Bertz CT molecular complexity index is 1100. The van der Waals surface area contributed by atoms with Gasteiger partial charge in [-0.05, 0) is 31.2 Å². The summed E-state index contributed by atoms with van der Waals surface area (Å²) in [6, 6.07) is 9.29. The van der Waals surface area contributed by atoms with Crippen molar-refractivity contribution in [3.8, 4) is 0 Å². The number of carbonyl (C=O) groups excluding carboxylic acids is 2. The quantitative estimate of drug-likeness (QED) is 0.359. The highest BCUT2D eigenvalue weighted by molar-refractivity contribution is 6.09. The molecule has 2 heterocycles. The minimum Gasteiger partial charge on any atom is -0.462 e. The van der Waals surface area contributed by atoms with E-state index in [1.54, 1.807) is 31.2 Å². The number of benzene rings is 2. The number of nitrogens with zero attached hydrogens (tertiary/aromatic N) is 3. The van der Waals surface area contributed by atoms with E-state index in [2.05, 4.69) is 5.32 Å². The fourth-order valence-corrected chi connectivity index (χ4v) is 4.16. The van der Waals surface area contributed by atoms with Crippen LogP contribution in [0.4, 0.5) is 22.7 Å². The molecule has 0 unspecified atom stereocenters. The molecular formula is C24H28N4O7. The zero-order valence-corrected chi connectivity index (χ0v) is 19.5. The smallest absolute Gasteiger partial charge is 0.340 e. The second kappa shape index (κ2) is 11.2. The molecule has 2 aliphatic heterocycles. The second-order valence-corrected chi connectivity index (χ2v) is 8.06. The molecule has 2 aromatic carbocycles. The predicted octanol–water partition coefficient (Wildman–Crippen LogP) is 2.70. The molecule has 1 amide bonds. The van der Waals surface area contributed by atoms with Gasteiger partial charge in [0.1, 0.15) is 0 Å². The zero-order valence-electron chi connectivity index (χ0n) is 19.5. The third-order valence-corrected chi connectivity index (χ3v) is 5.89. The molecule has 2 fully saturated rings. The third-order valence-electron chi connectivity index (χ3n) is 5.89. The van der Waals surface area contributed by atoms with Crippen LogP contribution in [-0.4, -0.2) is 76.0 Å². The van der Waals surface area contributed by atoms with E-state index in [-0.39, 0.29) is 17.9 Å². The summed E-state index contributed by atoms with van der Waals surface area (Å²) in [7, 11) is 0. The van der Waals surface area contributed by atoms with Crippen molar-refractivity contribution in [1.82, 2.24) is 0 Å². The molecular weight excluding hydrogens is 456 g/mol. The van der Waals surface area contributed by atoms with Gasteiger partial charge < -0.3 is 29.3 Å². The molecule has 0 aliphatic carbocycles. The molecule has 11 nitrogen and oxygen atoms in total. The van der Waals surface area contributed by atoms with E-state index in [0.29, 0.717) is 75.2 Å². The van der Waals surface area contributed by atoms with E-state index in [9.17, 15) is 19.7 Å². The first-order valence-electron chi connectivity index (χ1n) is 11.5. The van der Waals surface area contributed by atoms with Gasteiger partial charge in [-0.3, -0.25) is 14.9 Å². The monoisotopic (exact) mass is 484 g/mol. The van der Waals surface area contributed by atoms with Crippen LogP contribution in [0.1, 0.15) is 27.6 Å². The number of carbonyl (C=O) groups is 2. The average Bonchev–Trinajstić information content (AvgIpc) is 2.89. The van der Waals surface area contributed by atoms with Crippen LogP contribution in [-0.2, 0) is 14.2 Å². The van der Waals surface area contributed by atoms with E-state index >= 15 is 0 Å². The van der Waals surface area contributed by atoms with Gasteiger partial charge in [0, 0.05) is 44.0 Å². The zero-order chi connectivity index (χ0) is 24.8. The Labute approximate surface area is 202 Å². The lowest BCUT2D eigenvalue weighted by Gasteiger charge is -2.30. The van der Waals surface area contributed by atoms with Gasteiger partial charge in [-0.15, -0.1) is 0 Å². The van der Waals surface area contributed by atoms with E-state index < -0.39 is 16.8 Å². The molecule has 11 heteroatoms. The summed E-state index contributed by atoms with van der Waals surface area (Å²) in [5.74, 6) is -1.00. The van der Waals surface area contributed by atoms with Crippen molar-refractivity contribution >= 4 is 34.6 Å². The van der Waals surface area contributed by atoms with Crippen LogP contribution in [0.15, 0.2) is 36.4 Å². The van der Waals surface area contributed by atoms with Crippen molar-refractivity contribution < 1.29 is 28.7 Å². The highest BCUT2D eigenvalue weighted by Crippen LogP contribution is 2.29. The maximum Gasteiger partial charge on any atom is 0.340 e. The number of hydrogen-bond acceptors (Lipinski definition) is 9. The number of nitro benzene ring substituents is 1. The van der Waals surface area contributed by atoms with Crippen LogP contribution in [0.2, 0.25) is 0 Å². The Morgan fingerprint density at radius 3 is 2.09 bits per heavy atom. The molecule has 0 radical (unpaired) electrons. The van der Waals surface area contributed by atoms with Crippen molar-refractivity contribution in [3.63, 3.8) is 0 Å². The summed E-state index contributed by atoms with van der Waals surface area (Å²) in [5.41, 5.74) is 2.01. The molecule has 0 saturated carbocycles. The van der Waals surface area contributed by atoms with Gasteiger partial charge in [-0.2, -0.15) is 0 Å². The number of amides is 1. The van der Waals surface area contributed by atoms with E-state index in [0.717, 1.165) is 0 Å². The molecule has 0 aromatic heterocycles. The first-order valence-corrected chi connectivity index (χ1v) is 11.5. The van der Waals surface area contributed by atoms with Crippen molar-refractivity contribution in [2.45, 2.75) is 6.92 Å². The summed E-state index contributed by atoms with van der Waals surface area (Å²) in [5, 5.41) is 14.2. The number of anilines is 3. The molecule has 0 bridgehead atoms. The van der Waals surface area contributed by atoms with Crippen molar-refractivity contribution in [2.24, 2.45) is 0 Å². The lowest BCUT2D eigenvalue weighted by atomic mass is 10.1. The fourth-order valence-electron chi connectivity index (χ4n) is 4.16. The van der Waals surface area contributed by atoms with Gasteiger partial charge in [0.25, 0.3) is 11.6 Å². The van der Waals surface area contributed by atoms with Gasteiger partial charge in [-0.1, -0.05) is 0 Å². The van der Waals surface area contributed by atoms with Crippen LogP contribution in [0.5, 0.6) is 0 Å². The summed E-state index contributed by atoms with van der Waals surface area (Å²) in [6.45, 7) is 6.47. The number of morpholine rings is 2. The summed E-state index contributed by atoms with van der Waals surface area (Å²) in [4.78, 5) is 40.9. The molecule has 0 atom stereocenters. The molecule has 1 N–H and O–H groups in total. The maximum absolute atomic E-state index is 13.3. The van der Waals surface area contributed by atoms with Gasteiger partial charge in [0.15, 0.2) is 0 Å². The van der Waals surface area contributed by atoms with Gasteiger partial charge in [-0.25, -0.2) is 4.79 Å². The Morgan fingerprint density at radius 2 is 1.51 bits per heavy atom. The first-order chi connectivity index (χ1) is 17.0. The second-order valence-electron chi connectivity index (χ2n) is 8.06. The number of nitro groups is 1. The number of rotatable bonds is 7. The van der Waals surface area contributed by atoms with Gasteiger partial charge >= 0.3 is 5.97 Å². The maximum atomic E-state index is 13.3. The number of esters is 1. The number of hydrogen-bond donors (Lipinski definition) is 1. The molecule has 186 valence electrons. The van der Waals surface area contributed by atoms with Crippen LogP contribution in [0, 0.1) is 10.1 Å². The van der Waals surface area contributed by atoms with Crippen molar-refractivity contribution in [1.29, 1.82) is 0 Å².